The van der Waals surface area contributed by atoms with Gasteiger partial charge in [-0.25, -0.2) is 4.39 Å². The van der Waals surface area contributed by atoms with Gasteiger partial charge in [0.25, 0.3) is 5.91 Å². The van der Waals surface area contributed by atoms with Gasteiger partial charge in [-0.3, -0.25) is 14.4 Å². The standard InChI is InChI=1S/C36H42Cl2FN7O3/c37-27-8-4-7-26-24(27)9-11-36(26)18-28-25(21-49-36)32(41-34(40-28)48-22-35-10-5-15-45(35)19-23(39)17-35)44-14-6-16-46-29(20-44)30(38)31(42-46)33(47)43-12-2-1-3-13-43/h4,7-8,23H,1-3,5-6,9-22H2/t23-,35+,36+/m1/s1. The van der Waals surface area contributed by atoms with Crippen LogP contribution in [0.4, 0.5) is 10.2 Å². The molecule has 1 aliphatic carbocycles. The van der Waals surface area contributed by atoms with E-state index < -0.39 is 11.8 Å². The highest BCUT2D eigenvalue weighted by Gasteiger charge is 2.50. The molecular formula is C36H42Cl2FN7O3. The molecule has 0 radical (unpaired) electrons. The molecule has 6 aliphatic rings. The Labute approximate surface area is 295 Å². The summed E-state index contributed by atoms with van der Waals surface area (Å²) in [7, 11) is 0. The van der Waals surface area contributed by atoms with Crippen LogP contribution in [0, 0.1) is 0 Å². The Balaban J connectivity index is 1.06. The van der Waals surface area contributed by atoms with E-state index in [0.29, 0.717) is 69.0 Å². The van der Waals surface area contributed by atoms with Crippen LogP contribution in [0.3, 0.4) is 0 Å². The first kappa shape index (κ1) is 32.0. The number of fused-ring (bicyclic) bond motifs is 5. The number of likely N-dealkylation sites (tertiary alicyclic amines) is 1. The van der Waals surface area contributed by atoms with Crippen LogP contribution in [0.2, 0.25) is 10.0 Å². The van der Waals surface area contributed by atoms with Gasteiger partial charge >= 0.3 is 6.01 Å². The molecule has 2 aromatic heterocycles. The van der Waals surface area contributed by atoms with Crippen molar-refractivity contribution in [3.63, 3.8) is 0 Å². The summed E-state index contributed by atoms with van der Waals surface area (Å²) in [6.07, 6.45) is 7.78. The fraction of sp³-hybridized carbons (Fsp3) is 0.611. The quantitative estimate of drug-likeness (QED) is 0.325. The van der Waals surface area contributed by atoms with Crippen molar-refractivity contribution in [1.82, 2.24) is 29.5 Å². The average Bonchev–Trinajstić information content (AvgIpc) is 3.79. The summed E-state index contributed by atoms with van der Waals surface area (Å²) in [4.78, 5) is 29.9. The number of ether oxygens (including phenoxy) is 2. The molecule has 260 valence electrons. The van der Waals surface area contributed by atoms with Gasteiger partial charge in [0.1, 0.15) is 18.6 Å². The van der Waals surface area contributed by atoms with Crippen LogP contribution in [-0.4, -0.2) is 86.5 Å². The number of hydrogen-bond donors (Lipinski definition) is 0. The fourth-order valence-corrected chi connectivity index (χ4v) is 9.92. The van der Waals surface area contributed by atoms with Gasteiger partial charge in [-0.05, 0) is 75.1 Å². The van der Waals surface area contributed by atoms with Crippen LogP contribution < -0.4 is 9.64 Å². The summed E-state index contributed by atoms with van der Waals surface area (Å²) < 4.78 is 29.8. The molecule has 0 unspecified atom stereocenters. The second-order valence-corrected chi connectivity index (χ2v) is 15.6. The molecule has 0 N–H and O–H groups in total. The molecule has 5 aliphatic heterocycles. The van der Waals surface area contributed by atoms with Gasteiger partial charge < -0.3 is 19.3 Å². The summed E-state index contributed by atoms with van der Waals surface area (Å²) >= 11 is 13.6. The average molecular weight is 711 g/mol. The lowest BCUT2D eigenvalue weighted by Crippen LogP contribution is -2.43. The highest BCUT2D eigenvalue weighted by Crippen LogP contribution is 2.49. The van der Waals surface area contributed by atoms with E-state index >= 15 is 0 Å². The molecule has 3 aromatic rings. The van der Waals surface area contributed by atoms with Crippen molar-refractivity contribution in [1.29, 1.82) is 0 Å². The Morgan fingerprint density at radius 2 is 1.90 bits per heavy atom. The zero-order chi connectivity index (χ0) is 33.3. The number of rotatable bonds is 5. The molecule has 1 amide bonds. The molecule has 3 saturated heterocycles. The van der Waals surface area contributed by atoms with E-state index in [9.17, 15) is 9.18 Å². The molecule has 1 spiro atoms. The van der Waals surface area contributed by atoms with Crippen molar-refractivity contribution < 1.29 is 18.7 Å². The molecule has 0 bridgehead atoms. The molecule has 3 fully saturated rings. The second kappa shape index (κ2) is 12.4. The Morgan fingerprint density at radius 1 is 1.02 bits per heavy atom. The Morgan fingerprint density at radius 3 is 2.78 bits per heavy atom. The predicted octanol–water partition coefficient (Wildman–Crippen LogP) is 5.89. The third-order valence-corrected chi connectivity index (χ3v) is 12.6. The number of halogens is 3. The van der Waals surface area contributed by atoms with Crippen molar-refractivity contribution in [2.75, 3.05) is 44.2 Å². The van der Waals surface area contributed by atoms with Gasteiger partial charge in [-0.15, -0.1) is 0 Å². The summed E-state index contributed by atoms with van der Waals surface area (Å²) in [5, 5.41) is 5.93. The highest BCUT2D eigenvalue weighted by atomic mass is 35.5. The molecule has 0 saturated carbocycles. The summed E-state index contributed by atoms with van der Waals surface area (Å²) in [5.74, 6) is 0.662. The van der Waals surface area contributed by atoms with Crippen molar-refractivity contribution in [3.05, 3.63) is 62.0 Å². The third-order valence-electron chi connectivity index (χ3n) is 11.9. The van der Waals surface area contributed by atoms with Gasteiger partial charge in [-0.1, -0.05) is 35.3 Å². The van der Waals surface area contributed by atoms with Crippen LogP contribution in [0.15, 0.2) is 18.2 Å². The van der Waals surface area contributed by atoms with E-state index in [1.54, 1.807) is 0 Å². The maximum atomic E-state index is 14.6. The zero-order valence-electron chi connectivity index (χ0n) is 27.7. The van der Waals surface area contributed by atoms with E-state index in [2.05, 4.69) is 15.9 Å². The number of nitrogens with zero attached hydrogens (tertiary/aromatic N) is 7. The van der Waals surface area contributed by atoms with Crippen LogP contribution in [0.25, 0.3) is 0 Å². The van der Waals surface area contributed by atoms with E-state index in [1.165, 1.54) is 0 Å². The molecule has 7 heterocycles. The van der Waals surface area contributed by atoms with Crippen molar-refractivity contribution >= 4 is 34.9 Å². The van der Waals surface area contributed by atoms with Crippen LogP contribution >= 0.6 is 23.2 Å². The maximum Gasteiger partial charge on any atom is 0.318 e. The smallest absolute Gasteiger partial charge is 0.318 e. The minimum Gasteiger partial charge on any atom is -0.461 e. The predicted molar refractivity (Wildman–Crippen MR) is 183 cm³/mol. The lowest BCUT2D eigenvalue weighted by Gasteiger charge is -2.37. The highest BCUT2D eigenvalue weighted by molar-refractivity contribution is 6.34. The number of alkyl halides is 1. The Bertz CT molecular complexity index is 1800. The summed E-state index contributed by atoms with van der Waals surface area (Å²) in [5.41, 5.74) is 4.42. The molecule has 1 aromatic carbocycles. The first-order valence-corrected chi connectivity index (χ1v) is 18.7. The first-order valence-electron chi connectivity index (χ1n) is 18.0. The molecule has 13 heteroatoms. The number of aromatic nitrogens is 4. The monoisotopic (exact) mass is 709 g/mol. The van der Waals surface area contributed by atoms with Gasteiger partial charge in [0.15, 0.2) is 5.69 Å². The molecular weight excluding hydrogens is 668 g/mol. The number of aryl methyl sites for hydroxylation is 1. The van der Waals surface area contributed by atoms with Crippen LogP contribution in [-0.2, 0) is 42.9 Å². The number of amides is 1. The largest absolute Gasteiger partial charge is 0.461 e. The maximum absolute atomic E-state index is 14.6. The normalized spacial score (nSPS) is 27.9. The van der Waals surface area contributed by atoms with Gasteiger partial charge in [0, 0.05) is 56.2 Å². The number of benzene rings is 1. The summed E-state index contributed by atoms with van der Waals surface area (Å²) in [6.45, 7) is 5.33. The van der Waals surface area contributed by atoms with E-state index in [1.807, 2.05) is 21.7 Å². The van der Waals surface area contributed by atoms with E-state index in [-0.39, 0.29) is 11.4 Å². The van der Waals surface area contributed by atoms with Crippen LogP contribution in [0.1, 0.15) is 89.9 Å². The number of carbonyl (C=O) groups is 1. The molecule has 3 atom stereocenters. The fourth-order valence-electron chi connectivity index (χ4n) is 9.38. The molecule has 10 nitrogen and oxygen atoms in total. The number of carbonyl (C=O) groups excluding carboxylic acids is 1. The third kappa shape index (κ3) is 5.41. The Kier molecular flexibility index (Phi) is 8.06. The lowest BCUT2D eigenvalue weighted by atomic mass is 9.87. The van der Waals surface area contributed by atoms with E-state index in [0.717, 1.165) is 110 Å². The number of piperidine rings is 1. The Hall–Kier alpha value is -2.99. The number of hydrogen-bond acceptors (Lipinski definition) is 8. The zero-order valence-corrected chi connectivity index (χ0v) is 29.2. The SMILES string of the molecule is O=C(c1nn2c(c1Cl)CN(c1nc(OC[C@@]34CCCN3C[C@H](F)C4)nc3c1CO[C@@]1(CCc4c(Cl)cccc41)C3)CCC2)N1CCCCC1. The number of anilines is 1. The molecule has 9 rings (SSSR count). The van der Waals surface area contributed by atoms with Crippen molar-refractivity contribution in [3.8, 4) is 6.01 Å². The summed E-state index contributed by atoms with van der Waals surface area (Å²) in [6, 6.07) is 6.37. The second-order valence-electron chi connectivity index (χ2n) is 14.8. The van der Waals surface area contributed by atoms with Gasteiger partial charge in [0.2, 0.25) is 0 Å². The first-order chi connectivity index (χ1) is 23.8. The van der Waals surface area contributed by atoms with E-state index in [4.69, 9.17) is 47.7 Å². The van der Waals surface area contributed by atoms with Crippen molar-refractivity contribution in [2.45, 2.75) is 101 Å². The molecule has 49 heavy (non-hydrogen) atoms. The van der Waals surface area contributed by atoms with Gasteiger partial charge in [0.05, 0.1) is 40.7 Å². The van der Waals surface area contributed by atoms with Crippen molar-refractivity contribution in [2.24, 2.45) is 0 Å². The minimum absolute atomic E-state index is 0.0923. The lowest BCUT2D eigenvalue weighted by molar-refractivity contribution is -0.0730. The van der Waals surface area contributed by atoms with Crippen LogP contribution in [0.5, 0.6) is 6.01 Å². The topological polar surface area (TPSA) is 88.8 Å². The minimum atomic E-state index is -0.839. The van der Waals surface area contributed by atoms with Gasteiger partial charge in [-0.2, -0.15) is 15.1 Å².